The number of amides is 2. The molecule has 11 nitrogen and oxygen atoms in total. The number of morpholine rings is 1. The van der Waals surface area contributed by atoms with Crippen LogP contribution in [0.4, 0.5) is 5.69 Å². The van der Waals surface area contributed by atoms with Crippen LogP contribution in [-0.2, 0) is 14.3 Å². The predicted molar refractivity (Wildman–Crippen MR) is 139 cm³/mol. The van der Waals surface area contributed by atoms with Crippen LogP contribution in [0.15, 0.2) is 47.4 Å². The number of ether oxygens (including phenoxy) is 1. The van der Waals surface area contributed by atoms with E-state index >= 15 is 0 Å². The number of carbonyl (C=O) groups is 2. The Morgan fingerprint density at radius 3 is 2.78 bits per heavy atom. The van der Waals surface area contributed by atoms with E-state index in [1.165, 1.54) is 6.20 Å². The van der Waals surface area contributed by atoms with Crippen molar-refractivity contribution in [2.75, 3.05) is 51.3 Å². The smallest absolute Gasteiger partial charge is 0.273 e. The fraction of sp³-hybridized carbons (Fsp3) is 0.360. The fourth-order valence-electron chi connectivity index (χ4n) is 3.92. The highest BCUT2D eigenvalue weighted by molar-refractivity contribution is 6.47. The number of allylic oxidation sites excluding steroid dienone is 3. The topological polar surface area (TPSA) is 161 Å². The van der Waals surface area contributed by atoms with Gasteiger partial charge in [-0.25, -0.2) is 4.98 Å². The third-order valence-corrected chi connectivity index (χ3v) is 6.21. The molecule has 0 aliphatic carbocycles. The molecule has 0 aromatic carbocycles. The van der Waals surface area contributed by atoms with Crippen molar-refractivity contribution in [3.63, 3.8) is 0 Å². The lowest BCUT2D eigenvalue weighted by atomic mass is 10.1. The third kappa shape index (κ3) is 5.99. The number of hydrogen-bond acceptors (Lipinski definition) is 8. The number of aromatic nitrogens is 2. The maximum Gasteiger partial charge on any atom is 0.273 e. The molecule has 11 heteroatoms. The number of nitrogens with two attached hydrogens (primary N) is 1. The van der Waals surface area contributed by atoms with Gasteiger partial charge in [-0.1, -0.05) is 6.08 Å². The van der Waals surface area contributed by atoms with Crippen molar-refractivity contribution in [2.45, 2.75) is 13.8 Å². The predicted octanol–water partition coefficient (Wildman–Crippen LogP) is 1.09. The van der Waals surface area contributed by atoms with Gasteiger partial charge in [-0.3, -0.25) is 19.9 Å². The number of rotatable bonds is 8. The average Bonchev–Trinajstić information content (AvgIpc) is 3.32. The Hall–Kier alpha value is -3.96. The van der Waals surface area contributed by atoms with Gasteiger partial charge in [0.15, 0.2) is 0 Å². The molecule has 2 aliphatic heterocycles. The van der Waals surface area contributed by atoms with Gasteiger partial charge in [0.2, 0.25) is 0 Å². The molecule has 190 valence electrons. The van der Waals surface area contributed by atoms with Gasteiger partial charge in [0, 0.05) is 49.5 Å². The van der Waals surface area contributed by atoms with Gasteiger partial charge in [0.25, 0.3) is 11.8 Å². The molecule has 2 amide bonds. The van der Waals surface area contributed by atoms with Gasteiger partial charge in [0.1, 0.15) is 17.1 Å². The molecule has 2 aliphatic rings. The number of anilines is 1. The van der Waals surface area contributed by atoms with Crippen molar-refractivity contribution in [2.24, 2.45) is 5.73 Å². The van der Waals surface area contributed by atoms with Gasteiger partial charge in [-0.2, -0.15) is 0 Å². The Labute approximate surface area is 209 Å². The van der Waals surface area contributed by atoms with E-state index in [2.05, 4.69) is 30.8 Å². The molecule has 2 aromatic heterocycles. The van der Waals surface area contributed by atoms with Gasteiger partial charge >= 0.3 is 0 Å². The average molecular weight is 493 g/mol. The van der Waals surface area contributed by atoms with E-state index < -0.39 is 5.91 Å². The van der Waals surface area contributed by atoms with Crippen LogP contribution in [-0.4, -0.2) is 78.3 Å². The molecule has 2 aromatic rings. The minimum absolute atomic E-state index is 0.146. The number of H-pyrrole nitrogens is 1. The first-order valence-electron chi connectivity index (χ1n) is 11.9. The molecule has 0 atom stereocenters. The van der Waals surface area contributed by atoms with Crippen molar-refractivity contribution in [1.82, 2.24) is 25.5 Å². The number of hydrogen-bond donors (Lipinski definition) is 6. The van der Waals surface area contributed by atoms with Crippen LogP contribution in [0, 0.1) is 5.41 Å². The van der Waals surface area contributed by atoms with Crippen LogP contribution >= 0.6 is 0 Å². The highest BCUT2D eigenvalue weighted by Crippen LogP contribution is 2.24. The van der Waals surface area contributed by atoms with Crippen LogP contribution in [0.25, 0.3) is 16.6 Å². The second-order valence-corrected chi connectivity index (χ2v) is 8.79. The summed E-state index contributed by atoms with van der Waals surface area (Å²) in [6.45, 7) is 8.40. The maximum absolute atomic E-state index is 12.7. The SMILES string of the molecule is C/C(N)=C(\C)C(=N)C(=O)Nc1cnc2[nH]c(C3=CCNC(C(=O)NCCN4CCOCC4)=C3)cc2c1. The summed E-state index contributed by atoms with van der Waals surface area (Å²) >= 11 is 0. The van der Waals surface area contributed by atoms with Crippen molar-refractivity contribution < 1.29 is 14.3 Å². The zero-order chi connectivity index (χ0) is 25.7. The number of fused-ring (bicyclic) bond motifs is 1. The number of nitrogens with one attached hydrogen (secondary N) is 5. The lowest BCUT2D eigenvalue weighted by Crippen LogP contribution is -2.42. The summed E-state index contributed by atoms with van der Waals surface area (Å²) in [6, 6.07) is 3.70. The van der Waals surface area contributed by atoms with Gasteiger partial charge < -0.3 is 31.4 Å². The van der Waals surface area contributed by atoms with E-state index in [0.29, 0.717) is 41.4 Å². The van der Waals surface area contributed by atoms with Gasteiger partial charge in [0.05, 0.1) is 25.1 Å². The van der Waals surface area contributed by atoms with Crippen molar-refractivity contribution >= 4 is 39.8 Å². The zero-order valence-electron chi connectivity index (χ0n) is 20.5. The molecule has 0 bridgehead atoms. The molecule has 0 unspecified atom stereocenters. The number of aromatic amines is 1. The van der Waals surface area contributed by atoms with E-state index in [0.717, 1.165) is 49.5 Å². The second-order valence-electron chi connectivity index (χ2n) is 8.79. The summed E-state index contributed by atoms with van der Waals surface area (Å²) in [5.41, 5.74) is 9.67. The van der Waals surface area contributed by atoms with Crippen LogP contribution in [0.2, 0.25) is 0 Å². The van der Waals surface area contributed by atoms with Crippen molar-refractivity contribution in [3.05, 3.63) is 53.1 Å². The first kappa shape index (κ1) is 25.1. The standard InChI is InChI=1S/C25H32N8O3/c1-15(16(2)26)22(27)25(35)31-19-11-18-13-20(32-23(18)30-14-19)17-3-4-28-21(12-17)24(34)29-5-6-33-7-9-36-10-8-33/h3,11-14,27-28H,4-10,26H2,1-2H3,(H,29,34)(H,30,32)(H,31,35)/b16-15-,27-22?. The minimum atomic E-state index is -0.553. The Morgan fingerprint density at radius 2 is 2.03 bits per heavy atom. The Bertz CT molecular complexity index is 1260. The highest BCUT2D eigenvalue weighted by Gasteiger charge is 2.17. The number of dihydropyridines is 1. The van der Waals surface area contributed by atoms with Crippen molar-refractivity contribution in [3.8, 4) is 0 Å². The van der Waals surface area contributed by atoms with Crippen LogP contribution < -0.4 is 21.7 Å². The summed E-state index contributed by atoms with van der Waals surface area (Å²) in [6.07, 6.45) is 5.33. The normalized spacial score (nSPS) is 16.9. The molecular formula is C25H32N8O3. The Balaban J connectivity index is 1.41. The largest absolute Gasteiger partial charge is 0.402 e. The van der Waals surface area contributed by atoms with E-state index in [9.17, 15) is 9.59 Å². The molecule has 0 saturated carbocycles. The fourth-order valence-corrected chi connectivity index (χ4v) is 3.92. The monoisotopic (exact) mass is 492 g/mol. The first-order chi connectivity index (χ1) is 17.3. The summed E-state index contributed by atoms with van der Waals surface area (Å²) in [7, 11) is 0. The summed E-state index contributed by atoms with van der Waals surface area (Å²) in [4.78, 5) is 35.0. The molecule has 4 heterocycles. The van der Waals surface area contributed by atoms with Crippen LogP contribution in [0.1, 0.15) is 19.5 Å². The van der Waals surface area contributed by atoms with Crippen LogP contribution in [0.5, 0.6) is 0 Å². The van der Waals surface area contributed by atoms with Crippen LogP contribution in [0.3, 0.4) is 0 Å². The molecule has 7 N–H and O–H groups in total. The summed E-state index contributed by atoms with van der Waals surface area (Å²) < 4.78 is 5.35. The lowest BCUT2D eigenvalue weighted by Gasteiger charge is -2.26. The molecule has 0 radical (unpaired) electrons. The highest BCUT2D eigenvalue weighted by atomic mass is 16.5. The number of pyridine rings is 1. The third-order valence-electron chi connectivity index (χ3n) is 6.21. The number of carbonyl (C=O) groups excluding carboxylic acids is 2. The summed E-state index contributed by atoms with van der Waals surface area (Å²) in [5.74, 6) is -0.699. The first-order valence-corrected chi connectivity index (χ1v) is 11.9. The number of nitrogens with zero attached hydrogens (tertiary/aromatic N) is 2. The summed E-state index contributed by atoms with van der Waals surface area (Å²) in [5, 5.41) is 17.6. The van der Waals surface area contributed by atoms with Gasteiger partial charge in [-0.05, 0) is 43.2 Å². The Kier molecular flexibility index (Phi) is 7.81. The zero-order valence-corrected chi connectivity index (χ0v) is 20.5. The quantitative estimate of drug-likeness (QED) is 0.301. The lowest BCUT2D eigenvalue weighted by molar-refractivity contribution is -0.118. The molecule has 1 saturated heterocycles. The van der Waals surface area contributed by atoms with E-state index in [4.69, 9.17) is 15.9 Å². The van der Waals surface area contributed by atoms with E-state index in [-0.39, 0.29) is 11.6 Å². The molecule has 0 spiro atoms. The van der Waals surface area contributed by atoms with Gasteiger partial charge in [-0.15, -0.1) is 0 Å². The van der Waals surface area contributed by atoms with E-state index in [1.807, 2.05) is 18.2 Å². The molecule has 1 fully saturated rings. The van der Waals surface area contributed by atoms with E-state index in [1.54, 1.807) is 19.9 Å². The second kappa shape index (κ2) is 11.2. The minimum Gasteiger partial charge on any atom is -0.402 e. The Morgan fingerprint density at radius 1 is 1.25 bits per heavy atom. The van der Waals surface area contributed by atoms with Crippen molar-refractivity contribution in [1.29, 1.82) is 5.41 Å². The molecule has 36 heavy (non-hydrogen) atoms. The maximum atomic E-state index is 12.7. The molecular weight excluding hydrogens is 460 g/mol. The molecule has 4 rings (SSSR count).